The molecule has 18 heavy (non-hydrogen) atoms. The molecule has 1 aromatic carbocycles. The van der Waals surface area contributed by atoms with Crippen molar-refractivity contribution in [3.05, 3.63) is 35.1 Å². The van der Waals surface area contributed by atoms with Gasteiger partial charge in [-0.15, -0.1) is 0 Å². The first kappa shape index (κ1) is 13.0. The van der Waals surface area contributed by atoms with Gasteiger partial charge in [0.25, 0.3) is 6.43 Å². The van der Waals surface area contributed by atoms with Crippen LogP contribution in [0.15, 0.2) is 18.2 Å². The third-order valence-corrected chi connectivity index (χ3v) is 3.25. The molecule has 1 fully saturated rings. The van der Waals surface area contributed by atoms with E-state index in [2.05, 4.69) is 11.8 Å². The summed E-state index contributed by atoms with van der Waals surface area (Å²) in [7, 11) is 0. The van der Waals surface area contributed by atoms with Gasteiger partial charge in [-0.2, -0.15) is 0 Å². The molecule has 0 spiro atoms. The van der Waals surface area contributed by atoms with Crippen LogP contribution in [0.4, 0.5) is 13.2 Å². The average Bonchev–Trinajstić information content (AvgIpc) is 3.06. The Morgan fingerprint density at radius 2 is 1.83 bits per heavy atom. The van der Waals surface area contributed by atoms with Gasteiger partial charge in [0.05, 0.1) is 5.41 Å². The van der Waals surface area contributed by atoms with Crippen molar-refractivity contribution in [1.82, 2.24) is 0 Å². The van der Waals surface area contributed by atoms with Crippen LogP contribution < -0.4 is 0 Å². The van der Waals surface area contributed by atoms with Crippen molar-refractivity contribution >= 4 is 0 Å². The fourth-order valence-corrected chi connectivity index (χ4v) is 1.75. The van der Waals surface area contributed by atoms with Crippen molar-refractivity contribution in [2.24, 2.45) is 5.41 Å². The molecule has 0 bridgehead atoms. The van der Waals surface area contributed by atoms with Crippen LogP contribution in [0.2, 0.25) is 0 Å². The zero-order valence-corrected chi connectivity index (χ0v) is 10.4. The molecular weight excluding hydrogens is 237 g/mol. The second-order valence-electron chi connectivity index (χ2n) is 5.13. The molecule has 1 saturated carbocycles. The maximum absolute atomic E-state index is 13.4. The van der Waals surface area contributed by atoms with Crippen LogP contribution in [0, 0.1) is 23.1 Å². The van der Waals surface area contributed by atoms with E-state index in [-0.39, 0.29) is 11.7 Å². The van der Waals surface area contributed by atoms with Gasteiger partial charge in [0.2, 0.25) is 0 Å². The second kappa shape index (κ2) is 4.68. The average molecular weight is 252 g/mol. The van der Waals surface area contributed by atoms with E-state index in [1.165, 1.54) is 12.1 Å². The molecule has 2 rings (SSSR count). The lowest BCUT2D eigenvalue weighted by molar-refractivity contribution is 0.0921. The van der Waals surface area contributed by atoms with E-state index < -0.39 is 11.8 Å². The molecular formula is C15H15F3. The van der Waals surface area contributed by atoms with E-state index in [0.717, 1.165) is 5.56 Å². The first-order valence-electron chi connectivity index (χ1n) is 6.05. The molecule has 3 heteroatoms. The Balaban J connectivity index is 2.28. The van der Waals surface area contributed by atoms with Crippen molar-refractivity contribution in [3.63, 3.8) is 0 Å². The highest BCUT2D eigenvalue weighted by molar-refractivity contribution is 5.41. The fourth-order valence-electron chi connectivity index (χ4n) is 1.75. The van der Waals surface area contributed by atoms with Crippen molar-refractivity contribution in [2.45, 2.75) is 39.0 Å². The predicted molar refractivity (Wildman–Crippen MR) is 65.0 cm³/mol. The Morgan fingerprint density at radius 1 is 1.17 bits per heavy atom. The molecule has 0 atom stereocenters. The summed E-state index contributed by atoms with van der Waals surface area (Å²) in [6.45, 7) is 3.90. The van der Waals surface area contributed by atoms with Gasteiger partial charge >= 0.3 is 0 Å². The number of hydrogen-bond donors (Lipinski definition) is 0. The summed E-state index contributed by atoms with van der Waals surface area (Å²) < 4.78 is 38.7. The quantitative estimate of drug-likeness (QED) is 0.686. The van der Waals surface area contributed by atoms with Gasteiger partial charge in [-0.25, -0.2) is 13.2 Å². The Morgan fingerprint density at radius 3 is 2.33 bits per heavy atom. The Bertz CT molecular complexity index is 502. The summed E-state index contributed by atoms with van der Waals surface area (Å²) in [4.78, 5) is 0. The molecule has 0 aliphatic heterocycles. The van der Waals surface area contributed by atoms with Crippen molar-refractivity contribution in [2.75, 3.05) is 0 Å². The van der Waals surface area contributed by atoms with Crippen LogP contribution >= 0.6 is 0 Å². The van der Waals surface area contributed by atoms with Crippen LogP contribution in [0.1, 0.15) is 43.7 Å². The smallest absolute Gasteiger partial charge is 0.209 e. The molecule has 0 nitrogen and oxygen atoms in total. The van der Waals surface area contributed by atoms with Gasteiger partial charge in [0.15, 0.2) is 0 Å². The molecule has 0 radical (unpaired) electrons. The van der Waals surface area contributed by atoms with Crippen LogP contribution in [-0.2, 0) is 0 Å². The highest BCUT2D eigenvalue weighted by Gasteiger charge is 2.49. The van der Waals surface area contributed by atoms with Gasteiger partial charge in [-0.3, -0.25) is 0 Å². The van der Waals surface area contributed by atoms with Crippen LogP contribution in [-0.4, -0.2) is 6.43 Å². The largest absolute Gasteiger partial charge is 0.254 e. The van der Waals surface area contributed by atoms with Gasteiger partial charge < -0.3 is 0 Å². The SMILES string of the molecule is CC(C)c1cc(F)cc(C#CC2(C(F)F)CC2)c1. The molecule has 96 valence electrons. The molecule has 0 aromatic heterocycles. The predicted octanol–water partition coefficient (Wildman–Crippen LogP) is 4.35. The Hall–Kier alpha value is -1.43. The molecule has 0 unspecified atom stereocenters. The minimum absolute atomic E-state index is 0.186. The maximum Gasteiger partial charge on any atom is 0.254 e. The summed E-state index contributed by atoms with van der Waals surface area (Å²) in [5.74, 6) is 5.13. The van der Waals surface area contributed by atoms with E-state index in [1.807, 2.05) is 13.8 Å². The number of rotatable bonds is 2. The van der Waals surface area contributed by atoms with Gasteiger partial charge in [0.1, 0.15) is 5.82 Å². The molecule has 0 saturated heterocycles. The standard InChI is InChI=1S/C15H15F3/c1-10(2)12-7-11(8-13(16)9-12)3-4-15(5-6-15)14(17)18/h7-10,14H,5-6H2,1-2H3. The van der Waals surface area contributed by atoms with E-state index >= 15 is 0 Å². The summed E-state index contributed by atoms with van der Waals surface area (Å²) in [5, 5.41) is 0. The lowest BCUT2D eigenvalue weighted by Crippen LogP contribution is -2.08. The van der Waals surface area contributed by atoms with Crippen LogP contribution in [0.3, 0.4) is 0 Å². The molecule has 1 aliphatic rings. The third-order valence-electron chi connectivity index (χ3n) is 3.25. The topological polar surface area (TPSA) is 0 Å². The summed E-state index contributed by atoms with van der Waals surface area (Å²) in [6, 6.07) is 4.51. The summed E-state index contributed by atoms with van der Waals surface area (Å²) in [5.41, 5.74) is 0.177. The maximum atomic E-state index is 13.4. The zero-order valence-electron chi connectivity index (χ0n) is 10.4. The van der Waals surface area contributed by atoms with Gasteiger partial charge in [0, 0.05) is 5.56 Å². The minimum atomic E-state index is -2.41. The molecule has 1 aliphatic carbocycles. The lowest BCUT2D eigenvalue weighted by atomic mass is 10.00. The number of alkyl halides is 2. The molecule has 0 heterocycles. The fraction of sp³-hybridized carbons (Fsp3) is 0.467. The van der Waals surface area contributed by atoms with Crippen molar-refractivity contribution in [3.8, 4) is 11.8 Å². The van der Waals surface area contributed by atoms with Crippen molar-refractivity contribution < 1.29 is 13.2 Å². The lowest BCUT2D eigenvalue weighted by Gasteiger charge is -2.06. The third kappa shape index (κ3) is 2.69. The Labute approximate surface area is 105 Å². The molecule has 0 amide bonds. The number of benzene rings is 1. The minimum Gasteiger partial charge on any atom is -0.209 e. The van der Waals surface area contributed by atoms with Gasteiger partial charge in [-0.05, 0) is 42.5 Å². The van der Waals surface area contributed by atoms with Crippen molar-refractivity contribution in [1.29, 1.82) is 0 Å². The zero-order chi connectivity index (χ0) is 13.3. The van der Waals surface area contributed by atoms with E-state index in [9.17, 15) is 13.2 Å². The van der Waals surface area contributed by atoms with E-state index in [4.69, 9.17) is 0 Å². The van der Waals surface area contributed by atoms with Crippen LogP contribution in [0.5, 0.6) is 0 Å². The number of hydrogen-bond acceptors (Lipinski definition) is 0. The van der Waals surface area contributed by atoms with E-state index in [0.29, 0.717) is 18.4 Å². The normalized spacial score (nSPS) is 16.6. The first-order chi connectivity index (χ1) is 8.43. The summed E-state index contributed by atoms with van der Waals surface area (Å²) >= 11 is 0. The number of halogens is 3. The Kier molecular flexibility index (Phi) is 3.38. The van der Waals surface area contributed by atoms with Crippen LogP contribution in [0.25, 0.3) is 0 Å². The molecule has 0 N–H and O–H groups in total. The monoisotopic (exact) mass is 252 g/mol. The highest BCUT2D eigenvalue weighted by atomic mass is 19.3. The second-order valence-corrected chi connectivity index (χ2v) is 5.13. The first-order valence-corrected chi connectivity index (χ1v) is 6.05. The van der Waals surface area contributed by atoms with E-state index in [1.54, 1.807) is 6.07 Å². The highest BCUT2D eigenvalue weighted by Crippen LogP contribution is 2.50. The summed E-state index contributed by atoms with van der Waals surface area (Å²) in [6.07, 6.45) is -1.54. The molecule has 1 aromatic rings. The van der Waals surface area contributed by atoms with Gasteiger partial charge in [-0.1, -0.05) is 25.7 Å².